The van der Waals surface area contributed by atoms with E-state index in [-0.39, 0.29) is 5.91 Å². The number of aromatic amines is 1. The highest BCUT2D eigenvalue weighted by molar-refractivity contribution is 5.94. The second-order valence-electron chi connectivity index (χ2n) is 8.13. The zero-order valence-corrected chi connectivity index (χ0v) is 16.1. The minimum Gasteiger partial charge on any atom is -0.493 e. The first kappa shape index (κ1) is 17.4. The first-order valence-corrected chi connectivity index (χ1v) is 10.4. The van der Waals surface area contributed by atoms with Gasteiger partial charge >= 0.3 is 0 Å². The van der Waals surface area contributed by atoms with E-state index in [4.69, 9.17) is 4.74 Å². The molecular weight excluding hydrogens is 348 g/mol. The van der Waals surface area contributed by atoms with Crippen molar-refractivity contribution in [2.45, 2.75) is 31.6 Å². The van der Waals surface area contributed by atoms with Crippen molar-refractivity contribution in [2.24, 2.45) is 5.92 Å². The van der Waals surface area contributed by atoms with Crippen LogP contribution in [0.2, 0.25) is 0 Å². The number of benzene rings is 2. The number of likely N-dealkylation sites (tertiary alicyclic amines) is 1. The third kappa shape index (κ3) is 3.51. The van der Waals surface area contributed by atoms with Crippen LogP contribution in [0.1, 0.15) is 47.5 Å². The van der Waals surface area contributed by atoms with Gasteiger partial charge in [-0.05, 0) is 73.4 Å². The molecule has 1 N–H and O–H groups in total. The van der Waals surface area contributed by atoms with Gasteiger partial charge in [-0.2, -0.15) is 0 Å². The van der Waals surface area contributed by atoms with Crippen molar-refractivity contribution in [2.75, 3.05) is 19.7 Å². The molecule has 28 heavy (non-hydrogen) atoms. The van der Waals surface area contributed by atoms with Gasteiger partial charge < -0.3 is 14.6 Å². The minimum absolute atomic E-state index is 0.131. The fraction of sp³-hybridized carbons (Fsp3) is 0.375. The van der Waals surface area contributed by atoms with Gasteiger partial charge in [-0.15, -0.1) is 0 Å². The summed E-state index contributed by atoms with van der Waals surface area (Å²) in [5.74, 6) is 2.24. The number of carbonyl (C=O) groups is 1. The van der Waals surface area contributed by atoms with Crippen LogP contribution >= 0.6 is 0 Å². The summed E-state index contributed by atoms with van der Waals surface area (Å²) >= 11 is 0. The molecule has 2 fully saturated rings. The molecule has 5 rings (SSSR count). The Morgan fingerprint density at radius 2 is 1.75 bits per heavy atom. The van der Waals surface area contributed by atoms with Crippen LogP contribution in [0.5, 0.6) is 5.75 Å². The molecule has 1 aliphatic heterocycles. The number of ether oxygens (including phenoxy) is 1. The fourth-order valence-electron chi connectivity index (χ4n) is 4.20. The molecule has 1 saturated heterocycles. The molecule has 144 valence electrons. The highest BCUT2D eigenvalue weighted by Crippen LogP contribution is 2.33. The Labute approximate surface area is 165 Å². The van der Waals surface area contributed by atoms with Crippen LogP contribution in [0.25, 0.3) is 10.9 Å². The number of hydrogen-bond acceptors (Lipinski definition) is 2. The Kier molecular flexibility index (Phi) is 4.55. The Morgan fingerprint density at radius 3 is 2.50 bits per heavy atom. The number of piperidine rings is 1. The van der Waals surface area contributed by atoms with E-state index in [2.05, 4.69) is 35.4 Å². The van der Waals surface area contributed by atoms with Crippen molar-refractivity contribution in [3.63, 3.8) is 0 Å². The smallest absolute Gasteiger partial charge is 0.253 e. The summed E-state index contributed by atoms with van der Waals surface area (Å²) < 4.78 is 5.77. The predicted molar refractivity (Wildman–Crippen MR) is 111 cm³/mol. The lowest BCUT2D eigenvalue weighted by Gasteiger charge is -2.32. The number of fused-ring (bicyclic) bond motifs is 1. The average molecular weight is 374 g/mol. The molecule has 0 spiro atoms. The number of hydrogen-bond donors (Lipinski definition) is 1. The van der Waals surface area contributed by atoms with Crippen LogP contribution in [0, 0.1) is 5.92 Å². The van der Waals surface area contributed by atoms with Crippen molar-refractivity contribution < 1.29 is 9.53 Å². The third-order valence-corrected chi connectivity index (χ3v) is 6.13. The fourth-order valence-corrected chi connectivity index (χ4v) is 4.20. The largest absolute Gasteiger partial charge is 0.493 e. The maximum absolute atomic E-state index is 12.9. The van der Waals surface area contributed by atoms with Crippen molar-refractivity contribution in [3.8, 4) is 5.75 Å². The number of amides is 1. The molecule has 0 radical (unpaired) electrons. The number of nitrogens with one attached hydrogen (secondary N) is 1. The molecule has 4 heteroatoms. The van der Waals surface area contributed by atoms with Crippen LogP contribution in [0.4, 0.5) is 0 Å². The molecule has 1 aliphatic carbocycles. The van der Waals surface area contributed by atoms with Crippen molar-refractivity contribution >= 4 is 16.8 Å². The van der Waals surface area contributed by atoms with Gasteiger partial charge in [-0.25, -0.2) is 0 Å². The van der Waals surface area contributed by atoms with E-state index < -0.39 is 0 Å². The summed E-state index contributed by atoms with van der Waals surface area (Å²) in [6.45, 7) is 2.42. The number of H-pyrrole nitrogens is 1. The molecule has 2 heterocycles. The molecule has 2 aromatic carbocycles. The van der Waals surface area contributed by atoms with E-state index in [1.54, 1.807) is 0 Å². The summed E-state index contributed by atoms with van der Waals surface area (Å²) in [5.41, 5.74) is 3.34. The van der Waals surface area contributed by atoms with Gasteiger partial charge in [0.2, 0.25) is 0 Å². The minimum atomic E-state index is 0.131. The van der Waals surface area contributed by atoms with Crippen LogP contribution < -0.4 is 4.74 Å². The van der Waals surface area contributed by atoms with Gasteiger partial charge in [-0.3, -0.25) is 4.79 Å². The van der Waals surface area contributed by atoms with Crippen LogP contribution in [0.3, 0.4) is 0 Å². The second kappa shape index (κ2) is 7.34. The molecule has 2 aliphatic rings. The molecular formula is C24H26N2O2. The molecule has 1 aromatic heterocycles. The first-order chi connectivity index (χ1) is 13.8. The number of nitrogens with zero attached hydrogens (tertiary/aromatic N) is 1. The molecule has 3 aromatic rings. The highest BCUT2D eigenvalue weighted by Gasteiger charge is 2.26. The van der Waals surface area contributed by atoms with E-state index in [1.807, 2.05) is 29.2 Å². The van der Waals surface area contributed by atoms with E-state index in [0.717, 1.165) is 49.8 Å². The van der Waals surface area contributed by atoms with Crippen molar-refractivity contribution in [3.05, 3.63) is 65.9 Å². The standard InChI is InChI=1S/C24H26N2O2/c27-24(19-7-9-20(10-8-19)28-16-17-5-6-17)26-13-11-18(12-14-26)22-15-25-23-4-2-1-3-21(22)23/h1-4,7-10,15,17-18,25H,5-6,11-14,16H2. The molecule has 4 nitrogen and oxygen atoms in total. The van der Waals surface area contributed by atoms with E-state index in [1.165, 1.54) is 29.3 Å². The first-order valence-electron chi connectivity index (χ1n) is 10.4. The highest BCUT2D eigenvalue weighted by atomic mass is 16.5. The Hall–Kier alpha value is -2.75. The average Bonchev–Trinajstić information content (AvgIpc) is 3.49. The summed E-state index contributed by atoms with van der Waals surface area (Å²) in [5, 5.41) is 1.31. The van der Waals surface area contributed by atoms with Gasteiger partial charge in [-0.1, -0.05) is 18.2 Å². The van der Waals surface area contributed by atoms with Gasteiger partial charge in [0.15, 0.2) is 0 Å². The lowest BCUT2D eigenvalue weighted by molar-refractivity contribution is 0.0713. The number of carbonyl (C=O) groups excluding carboxylic acids is 1. The Balaban J connectivity index is 1.20. The van der Waals surface area contributed by atoms with E-state index >= 15 is 0 Å². The normalized spacial score (nSPS) is 17.8. The summed E-state index contributed by atoms with van der Waals surface area (Å²) in [6.07, 6.45) is 6.73. The second-order valence-corrected chi connectivity index (χ2v) is 8.13. The molecule has 0 atom stereocenters. The topological polar surface area (TPSA) is 45.3 Å². The number of aromatic nitrogens is 1. The lowest BCUT2D eigenvalue weighted by atomic mass is 9.89. The summed E-state index contributed by atoms with van der Waals surface area (Å²) in [4.78, 5) is 18.2. The molecule has 0 unspecified atom stereocenters. The van der Waals surface area contributed by atoms with Gasteiger partial charge in [0.25, 0.3) is 5.91 Å². The predicted octanol–water partition coefficient (Wildman–Crippen LogP) is 4.98. The Morgan fingerprint density at radius 1 is 1.00 bits per heavy atom. The monoisotopic (exact) mass is 374 g/mol. The van der Waals surface area contributed by atoms with Crippen molar-refractivity contribution in [1.82, 2.24) is 9.88 Å². The number of rotatable bonds is 5. The summed E-state index contributed by atoms with van der Waals surface area (Å²) in [7, 11) is 0. The van der Waals surface area contributed by atoms with Crippen LogP contribution in [0.15, 0.2) is 54.7 Å². The van der Waals surface area contributed by atoms with Crippen LogP contribution in [-0.2, 0) is 0 Å². The molecule has 0 bridgehead atoms. The van der Waals surface area contributed by atoms with Crippen LogP contribution in [-0.4, -0.2) is 35.5 Å². The van der Waals surface area contributed by atoms with E-state index in [9.17, 15) is 4.79 Å². The SMILES string of the molecule is O=C(c1ccc(OCC2CC2)cc1)N1CCC(c2c[nH]c3ccccc23)CC1. The molecule has 1 saturated carbocycles. The van der Waals surface area contributed by atoms with Gasteiger partial charge in [0, 0.05) is 35.8 Å². The van der Waals surface area contributed by atoms with Gasteiger partial charge in [0.05, 0.1) is 6.61 Å². The third-order valence-electron chi connectivity index (χ3n) is 6.13. The quantitative estimate of drug-likeness (QED) is 0.685. The lowest BCUT2D eigenvalue weighted by Crippen LogP contribution is -2.37. The Bertz CT molecular complexity index is 964. The zero-order chi connectivity index (χ0) is 18.9. The molecule has 1 amide bonds. The zero-order valence-electron chi connectivity index (χ0n) is 16.1. The number of para-hydroxylation sites is 1. The maximum Gasteiger partial charge on any atom is 0.253 e. The maximum atomic E-state index is 12.9. The van der Waals surface area contributed by atoms with Gasteiger partial charge in [0.1, 0.15) is 5.75 Å². The van der Waals surface area contributed by atoms with Crippen molar-refractivity contribution in [1.29, 1.82) is 0 Å². The van der Waals surface area contributed by atoms with E-state index in [0.29, 0.717) is 5.92 Å². The summed E-state index contributed by atoms with van der Waals surface area (Å²) in [6, 6.07) is 16.1.